The highest BCUT2D eigenvalue weighted by atomic mass is 79.9. The average Bonchev–Trinajstić information content (AvgIpc) is 3.15. The zero-order chi connectivity index (χ0) is 27.9. The number of aryl methyl sites for hydroxylation is 2. The number of rotatable bonds is 10. The number of carbonyl (C=O) groups is 3. The van der Waals surface area contributed by atoms with Gasteiger partial charge in [-0.2, -0.15) is 0 Å². The number of thioether (sulfide) groups is 1. The summed E-state index contributed by atoms with van der Waals surface area (Å²) >= 11 is 4.33. The fraction of sp³-hybridized carbons (Fsp3) is 0.207. The average molecular weight is 612 g/mol. The molecule has 1 heterocycles. The highest BCUT2D eigenvalue weighted by Crippen LogP contribution is 2.39. The molecule has 0 spiro atoms. The van der Waals surface area contributed by atoms with E-state index in [-0.39, 0.29) is 41.7 Å². The predicted octanol–water partition coefficient (Wildman–Crippen LogP) is 6.21. The van der Waals surface area contributed by atoms with Crippen molar-refractivity contribution in [1.29, 1.82) is 0 Å². The van der Waals surface area contributed by atoms with E-state index in [1.54, 1.807) is 24.3 Å². The van der Waals surface area contributed by atoms with E-state index in [9.17, 15) is 14.4 Å². The quantitative estimate of drug-likeness (QED) is 0.273. The third-order valence-corrected chi connectivity index (χ3v) is 7.14. The van der Waals surface area contributed by atoms with Crippen molar-refractivity contribution in [3.63, 3.8) is 0 Å². The van der Waals surface area contributed by atoms with Crippen LogP contribution in [0.4, 0.5) is 10.5 Å². The van der Waals surface area contributed by atoms with Gasteiger partial charge in [0.2, 0.25) is 0 Å². The molecule has 3 aromatic carbocycles. The van der Waals surface area contributed by atoms with Gasteiger partial charge in [-0.05, 0) is 101 Å². The Morgan fingerprint density at radius 2 is 1.77 bits per heavy atom. The van der Waals surface area contributed by atoms with Crippen LogP contribution in [-0.2, 0) is 9.59 Å². The minimum atomic E-state index is -0.388. The molecule has 3 aromatic rings. The van der Waals surface area contributed by atoms with E-state index in [4.69, 9.17) is 14.2 Å². The Bertz CT molecular complexity index is 1440. The molecule has 0 aliphatic carbocycles. The summed E-state index contributed by atoms with van der Waals surface area (Å²) in [6.07, 6.45) is 1.62. The zero-order valence-electron chi connectivity index (χ0n) is 21.7. The van der Waals surface area contributed by atoms with Gasteiger partial charge < -0.3 is 19.5 Å². The van der Waals surface area contributed by atoms with Crippen molar-refractivity contribution in [3.05, 3.63) is 86.7 Å². The maximum absolute atomic E-state index is 12.9. The fourth-order valence-corrected chi connectivity index (χ4v) is 5.26. The SMILES string of the molecule is COc1cc(/C=C2\SC(=O)N(CCOc3cccc(C)c3)C2=O)cc(Br)c1OCC(=O)Nc1cccc(C)c1. The van der Waals surface area contributed by atoms with Crippen LogP contribution >= 0.6 is 27.7 Å². The molecule has 0 bridgehead atoms. The number of nitrogens with one attached hydrogen (secondary N) is 1. The van der Waals surface area contributed by atoms with Gasteiger partial charge in [0.05, 0.1) is 23.0 Å². The number of methoxy groups -OCH3 is 1. The maximum atomic E-state index is 12.9. The Labute approximate surface area is 239 Å². The molecule has 0 aromatic heterocycles. The van der Waals surface area contributed by atoms with Crippen LogP contribution in [0.5, 0.6) is 17.2 Å². The Balaban J connectivity index is 1.39. The van der Waals surface area contributed by atoms with E-state index in [2.05, 4.69) is 21.2 Å². The molecule has 0 unspecified atom stereocenters. The Kier molecular flexibility index (Phi) is 9.32. The molecule has 1 N–H and O–H groups in total. The third-order valence-electron chi connectivity index (χ3n) is 5.65. The lowest BCUT2D eigenvalue weighted by molar-refractivity contribution is -0.123. The topological polar surface area (TPSA) is 94.2 Å². The molecule has 0 radical (unpaired) electrons. The van der Waals surface area contributed by atoms with Gasteiger partial charge in [0.1, 0.15) is 12.4 Å². The van der Waals surface area contributed by atoms with Crippen LogP contribution < -0.4 is 19.5 Å². The van der Waals surface area contributed by atoms with E-state index in [1.165, 1.54) is 12.0 Å². The number of hydrogen-bond acceptors (Lipinski definition) is 7. The first kappa shape index (κ1) is 28.3. The van der Waals surface area contributed by atoms with Crippen LogP contribution in [0.2, 0.25) is 0 Å². The van der Waals surface area contributed by atoms with Crippen LogP contribution in [0.15, 0.2) is 70.0 Å². The van der Waals surface area contributed by atoms with Gasteiger partial charge >= 0.3 is 0 Å². The summed E-state index contributed by atoms with van der Waals surface area (Å²) < 4.78 is 17.4. The Morgan fingerprint density at radius 3 is 2.49 bits per heavy atom. The highest BCUT2D eigenvalue weighted by molar-refractivity contribution is 9.10. The van der Waals surface area contributed by atoms with Gasteiger partial charge in [0.25, 0.3) is 17.1 Å². The fourth-order valence-electron chi connectivity index (χ4n) is 3.82. The van der Waals surface area contributed by atoms with Gasteiger partial charge in [-0.1, -0.05) is 24.3 Å². The number of halogens is 1. The second kappa shape index (κ2) is 12.9. The molecule has 1 aliphatic heterocycles. The van der Waals surface area contributed by atoms with Gasteiger partial charge in [-0.15, -0.1) is 0 Å². The van der Waals surface area contributed by atoms with Crippen molar-refractivity contribution in [2.45, 2.75) is 13.8 Å². The normalized spacial score (nSPS) is 14.1. The van der Waals surface area contributed by atoms with Gasteiger partial charge in [-0.25, -0.2) is 0 Å². The molecular weight excluding hydrogens is 584 g/mol. The van der Waals surface area contributed by atoms with E-state index < -0.39 is 0 Å². The van der Waals surface area contributed by atoms with Crippen LogP contribution in [0.3, 0.4) is 0 Å². The minimum absolute atomic E-state index is 0.139. The molecule has 202 valence electrons. The highest BCUT2D eigenvalue weighted by Gasteiger charge is 2.35. The van der Waals surface area contributed by atoms with Crippen molar-refractivity contribution in [2.24, 2.45) is 0 Å². The van der Waals surface area contributed by atoms with Crippen molar-refractivity contribution < 1.29 is 28.6 Å². The number of amides is 3. The van der Waals surface area contributed by atoms with Crippen LogP contribution in [-0.4, -0.2) is 48.8 Å². The molecule has 10 heteroatoms. The third kappa shape index (κ3) is 7.42. The van der Waals surface area contributed by atoms with E-state index in [1.807, 2.05) is 56.3 Å². The van der Waals surface area contributed by atoms with Crippen LogP contribution in [0.1, 0.15) is 16.7 Å². The van der Waals surface area contributed by atoms with Crippen LogP contribution in [0.25, 0.3) is 6.08 Å². The molecule has 3 amide bonds. The number of ether oxygens (including phenoxy) is 3. The second-order valence-electron chi connectivity index (χ2n) is 8.74. The molecule has 8 nitrogen and oxygen atoms in total. The minimum Gasteiger partial charge on any atom is -0.493 e. The van der Waals surface area contributed by atoms with Gasteiger partial charge in [0.15, 0.2) is 18.1 Å². The summed E-state index contributed by atoms with van der Waals surface area (Å²) in [6, 6.07) is 18.4. The molecular formula is C29H27BrN2O6S. The molecule has 39 heavy (non-hydrogen) atoms. The lowest BCUT2D eigenvalue weighted by Gasteiger charge is -2.14. The number of benzene rings is 3. The lowest BCUT2D eigenvalue weighted by atomic mass is 10.2. The summed E-state index contributed by atoms with van der Waals surface area (Å²) in [5.41, 5.74) is 3.39. The Morgan fingerprint density at radius 1 is 1.03 bits per heavy atom. The predicted molar refractivity (Wildman–Crippen MR) is 155 cm³/mol. The van der Waals surface area contributed by atoms with Crippen molar-refractivity contribution in [1.82, 2.24) is 4.90 Å². The summed E-state index contributed by atoms with van der Waals surface area (Å²) in [6.45, 7) is 4.00. The van der Waals surface area contributed by atoms with Crippen molar-refractivity contribution in [2.75, 3.05) is 32.2 Å². The number of hydrogen-bond donors (Lipinski definition) is 1. The molecule has 4 rings (SSSR count). The first-order valence-corrected chi connectivity index (χ1v) is 13.7. The van der Waals surface area contributed by atoms with Crippen LogP contribution in [0, 0.1) is 13.8 Å². The molecule has 0 atom stereocenters. The number of carbonyl (C=O) groups excluding carboxylic acids is 3. The molecule has 1 fully saturated rings. The lowest BCUT2D eigenvalue weighted by Crippen LogP contribution is -2.32. The smallest absolute Gasteiger partial charge is 0.293 e. The number of nitrogens with zero attached hydrogens (tertiary/aromatic N) is 1. The van der Waals surface area contributed by atoms with E-state index >= 15 is 0 Å². The summed E-state index contributed by atoms with van der Waals surface area (Å²) in [7, 11) is 1.48. The van der Waals surface area contributed by atoms with Crippen molar-refractivity contribution in [3.8, 4) is 17.2 Å². The standard InChI is InChI=1S/C29H27BrN2O6S/c1-18-6-4-8-21(12-18)31-26(33)17-38-27-23(30)14-20(15-24(27)36-3)16-25-28(34)32(29(35)39-25)10-11-37-22-9-5-7-19(2)13-22/h4-9,12-16H,10-11,17H2,1-3H3,(H,31,33)/b25-16-. The monoisotopic (exact) mass is 610 g/mol. The van der Waals surface area contributed by atoms with Crippen molar-refractivity contribution >= 4 is 56.5 Å². The summed E-state index contributed by atoms with van der Waals surface area (Å²) in [4.78, 5) is 39.3. The van der Waals surface area contributed by atoms with E-state index in [0.717, 1.165) is 22.9 Å². The molecule has 1 aliphatic rings. The summed E-state index contributed by atoms with van der Waals surface area (Å²) in [5.74, 6) is 0.685. The van der Waals surface area contributed by atoms with Gasteiger partial charge in [0, 0.05) is 5.69 Å². The molecule has 0 saturated carbocycles. The maximum Gasteiger partial charge on any atom is 0.293 e. The summed E-state index contributed by atoms with van der Waals surface area (Å²) in [5, 5.41) is 2.44. The van der Waals surface area contributed by atoms with E-state index in [0.29, 0.717) is 33.0 Å². The zero-order valence-corrected chi connectivity index (χ0v) is 24.1. The Hall–Kier alpha value is -3.76. The second-order valence-corrected chi connectivity index (χ2v) is 10.6. The molecule has 1 saturated heterocycles. The van der Waals surface area contributed by atoms with Gasteiger partial charge in [-0.3, -0.25) is 19.3 Å². The number of anilines is 1. The first-order valence-electron chi connectivity index (χ1n) is 12.0. The largest absolute Gasteiger partial charge is 0.493 e. The first-order chi connectivity index (χ1) is 18.7. The number of imide groups is 1.